The topological polar surface area (TPSA) is 862 Å². The first-order valence-electron chi connectivity index (χ1n) is 47.2. The van der Waals surface area contributed by atoms with Crippen LogP contribution in [0.2, 0.25) is 0 Å². The summed E-state index contributed by atoms with van der Waals surface area (Å²) >= 11 is 0.527. The van der Waals surface area contributed by atoms with Crippen LogP contribution in [0.3, 0.4) is 0 Å². The molecule has 0 saturated heterocycles. The zero-order valence-corrected chi connectivity index (χ0v) is 85.4. The number of nitrogens with two attached hydrogens (primary N) is 3. The van der Waals surface area contributed by atoms with Gasteiger partial charge >= 0.3 is 17.9 Å². The van der Waals surface area contributed by atoms with Crippen molar-refractivity contribution in [2.75, 3.05) is 49.7 Å². The van der Waals surface area contributed by atoms with Crippen LogP contribution in [0.5, 0.6) is 0 Å². The molecule has 0 aliphatic rings. The summed E-state index contributed by atoms with van der Waals surface area (Å²) in [6.45, 7) is 19.8. The van der Waals surface area contributed by atoms with Crippen molar-refractivity contribution in [1.29, 1.82) is 5.41 Å². The fraction of sp³-hybridized carbons (Fsp3) is 0.674. The van der Waals surface area contributed by atoms with Crippen LogP contribution in [-0.4, -0.2) is 321 Å². The van der Waals surface area contributed by atoms with Gasteiger partial charge in [0.2, 0.25) is 106 Å². The molecule has 0 aliphatic carbocycles. The summed E-state index contributed by atoms with van der Waals surface area (Å²) in [4.78, 5) is 299. The third kappa shape index (κ3) is 50.9. The molecule has 0 heterocycles. The summed E-state index contributed by atoms with van der Waals surface area (Å²) in [5.41, 5.74) is 17.4. The number of carboxylic acids is 3. The number of thioether (sulfide) groups is 1. The van der Waals surface area contributed by atoms with Gasteiger partial charge in [0.1, 0.15) is 96.7 Å². The highest BCUT2D eigenvalue weighted by Crippen LogP contribution is 2.18. The minimum absolute atomic E-state index is 0.0423. The molecule has 812 valence electrons. The highest BCUT2D eigenvalue weighted by atomic mass is 32.2. The van der Waals surface area contributed by atoms with Gasteiger partial charge in [-0.2, -0.15) is 8.42 Å². The Morgan fingerprint density at radius 1 is 0.354 bits per heavy atom. The second-order valence-electron chi connectivity index (χ2n) is 36.4. The van der Waals surface area contributed by atoms with Crippen molar-refractivity contribution in [2.24, 2.45) is 46.8 Å². The molecule has 1 rings (SSSR count). The number of rotatable bonds is 69. The molecule has 0 spiro atoms. The number of anilines is 1. The first kappa shape index (κ1) is 129. The Kier molecular flexibility index (Phi) is 59.3. The highest BCUT2D eigenvalue weighted by molar-refractivity contribution is 8.14. The van der Waals surface area contributed by atoms with E-state index in [1.54, 1.807) is 55.4 Å². The van der Waals surface area contributed by atoms with E-state index in [0.29, 0.717) is 30.3 Å². The fourth-order valence-electron chi connectivity index (χ4n) is 13.6. The summed E-state index contributed by atoms with van der Waals surface area (Å²) in [7, 11) is -4.40. The van der Waals surface area contributed by atoms with Gasteiger partial charge in [-0.15, -0.1) is 0 Å². The number of aliphatic carboxylic acids is 3. The summed E-state index contributed by atoms with van der Waals surface area (Å²) in [5, 5.41) is 103. The van der Waals surface area contributed by atoms with Crippen LogP contribution < -0.4 is 118 Å². The molecule has 53 nitrogen and oxygen atoms in total. The molecule has 0 bridgehead atoms. The average molecular weight is 2090 g/mol. The van der Waals surface area contributed by atoms with Crippen molar-refractivity contribution in [3.05, 3.63) is 29.8 Å². The maximum atomic E-state index is 14.5. The molecule has 144 heavy (non-hydrogen) atoms. The molecule has 32 N–H and O–H groups in total. The number of carbonyl (C=O) groups excluding carboxylic acids is 19. The van der Waals surface area contributed by atoms with E-state index in [-0.39, 0.29) is 100 Å². The van der Waals surface area contributed by atoms with Crippen LogP contribution in [0, 0.1) is 35.0 Å². The van der Waals surface area contributed by atoms with Crippen molar-refractivity contribution >= 4 is 163 Å². The summed E-state index contributed by atoms with van der Waals surface area (Å²) in [6.07, 6.45) is -3.78. The SMILES string of the molecule is CC(=O)Nc1ccc(C(=O)N[C@@H](CCCNC(=N)N)C(=O)N[C@H](C(=O)N[C@@H](CO)C(=O)N[C@@H](C)C(=O)N[C@@H](CC(C)C)C(=O)N[C@@H](CCC(=O)O)C(=O)N[C@@H](C)C(=O)N[C@@H](C)C(=O)N[C@H](C(=O)N[C@@H](CO)C(=O)N[C@@H](CCC(=O)O)C(=O)N[C@@H](CC(C)C)C(=O)N[C@@H](CCC(=O)O)C(=O)N[C@@H](CCCCN)C(=O)N[C@@H](CCCCN)C(=O)N[C@H](C(=O)N[C@@H](C)C(=O)SCCS(=O)(=O)O)C(C)C)C(C)C)C(C)C)cc1. The van der Waals surface area contributed by atoms with E-state index < -0.39 is 317 Å². The van der Waals surface area contributed by atoms with Crippen molar-refractivity contribution < 1.29 is 144 Å². The Morgan fingerprint density at radius 2 is 0.632 bits per heavy atom. The molecular formula is C89H149N23O30S2. The van der Waals surface area contributed by atoms with Crippen LogP contribution in [0.4, 0.5) is 5.69 Å². The van der Waals surface area contributed by atoms with Gasteiger partial charge < -0.3 is 144 Å². The number of amides is 18. The van der Waals surface area contributed by atoms with E-state index in [1.165, 1.54) is 58.9 Å². The van der Waals surface area contributed by atoms with Gasteiger partial charge in [-0.05, 0) is 178 Å². The van der Waals surface area contributed by atoms with Gasteiger partial charge in [-0.3, -0.25) is 115 Å². The predicted molar refractivity (Wildman–Crippen MR) is 523 cm³/mol. The number of aliphatic hydroxyl groups excluding tert-OH is 2. The standard InChI is InChI=1S/C89H149N23O30S2/c1-43(2)39-61(106-72(123)49(12)97-83(134)63(41-113)108-87(138)70(47(9)10)112-80(131)57(23-20-36-94-89(92)93)100-74(125)53-24-26-54(27-25-53)99-52(15)115)81(132)103-58(28-31-65(116)117)75(126)96-48(11)71(122)95-50(13)73(124)110-69(46(7)8)86(137)109-64(42-114)84(135)105-60(30-33-67(120)121)78(129)107-62(40-44(3)4)82(133)104-59(29-32-66(118)119)77(128)101-55(21-16-18-34-90)76(127)102-56(22-17-19-35-91)79(130)111-68(45(5)6)85(136)98-51(14)88(139)143-37-38-144(140,141)142/h24-27,43-51,55-64,68-70,113-114H,16-23,28-42,90-91H2,1-15H3,(H,95,122)(H,96,126)(H,97,134)(H,98,136)(H,99,115)(H,100,125)(H,101,128)(H,102,127)(H,103,132)(H,104,133)(H,105,135)(H,106,123)(H,107,129)(H,108,138)(H,109,137)(H,110,124)(H,111,130)(H,112,131)(H,116,117)(H,118,119)(H,120,121)(H4,92,93,94)(H,140,141,142)/t48-,49-,50-,51-,55-,56-,57-,58-,59-,60-,61-,62-,63-,64-,68-,69-,70-/m0/s1. The van der Waals surface area contributed by atoms with Gasteiger partial charge in [-0.1, -0.05) is 81.0 Å². The van der Waals surface area contributed by atoms with Crippen molar-refractivity contribution in [1.82, 2.24) is 95.7 Å². The van der Waals surface area contributed by atoms with E-state index in [1.807, 2.05) is 0 Å². The molecule has 0 saturated carbocycles. The first-order valence-corrected chi connectivity index (χ1v) is 49.8. The number of hydrogen-bond acceptors (Lipinski definition) is 30. The highest BCUT2D eigenvalue weighted by Gasteiger charge is 2.41. The maximum absolute atomic E-state index is 14.5. The minimum atomic E-state index is -4.40. The zero-order chi connectivity index (χ0) is 110. The van der Waals surface area contributed by atoms with E-state index in [2.05, 4.69) is 101 Å². The Hall–Kier alpha value is -12.9. The van der Waals surface area contributed by atoms with Crippen molar-refractivity contribution in [2.45, 2.75) is 309 Å². The lowest BCUT2D eigenvalue weighted by Gasteiger charge is -2.29. The second-order valence-corrected chi connectivity index (χ2v) is 39.0. The van der Waals surface area contributed by atoms with Crippen LogP contribution in [0.1, 0.15) is 217 Å². The van der Waals surface area contributed by atoms with E-state index in [4.69, 9.17) is 27.2 Å². The average Bonchev–Trinajstić information content (AvgIpc) is 0.856. The number of carboxylic acid groups (broad SMARTS) is 3. The normalized spacial score (nSPS) is 14.9. The third-order valence-corrected chi connectivity index (χ3v) is 23.7. The number of carbonyl (C=O) groups is 22. The lowest BCUT2D eigenvalue weighted by atomic mass is 10.0. The summed E-state index contributed by atoms with van der Waals surface area (Å²) < 4.78 is 31.5. The second kappa shape index (κ2) is 66.1. The molecular weight excluding hydrogens is 1940 g/mol. The molecule has 1 aromatic rings. The largest absolute Gasteiger partial charge is 0.481 e. The fourth-order valence-corrected chi connectivity index (χ4v) is 15.3. The van der Waals surface area contributed by atoms with Gasteiger partial charge in [-0.25, -0.2) is 0 Å². The van der Waals surface area contributed by atoms with Crippen molar-refractivity contribution in [3.8, 4) is 0 Å². The van der Waals surface area contributed by atoms with Crippen LogP contribution in [-0.2, 0) is 111 Å². The predicted octanol–water partition coefficient (Wildman–Crippen LogP) is -6.11. The number of guanidine groups is 1. The Bertz CT molecular complexity index is 4670. The number of aliphatic hydroxyl groups is 2. The molecule has 0 unspecified atom stereocenters. The molecule has 0 aromatic heterocycles. The number of unbranched alkanes of at least 4 members (excludes halogenated alkanes) is 2. The molecule has 18 amide bonds. The monoisotopic (exact) mass is 2080 g/mol. The van der Waals surface area contributed by atoms with Gasteiger partial charge in [0.25, 0.3) is 16.0 Å². The minimum Gasteiger partial charge on any atom is -0.481 e. The molecule has 0 fully saturated rings. The number of hydrogen-bond donors (Lipinski definition) is 29. The maximum Gasteiger partial charge on any atom is 0.303 e. The molecule has 55 heteroatoms. The third-order valence-electron chi connectivity index (χ3n) is 21.7. The van der Waals surface area contributed by atoms with Crippen molar-refractivity contribution in [3.63, 3.8) is 0 Å². The Morgan fingerprint density at radius 3 is 0.972 bits per heavy atom. The number of nitrogens with one attached hydrogen (secondary N) is 20. The van der Waals surface area contributed by atoms with E-state index in [0.717, 1.165) is 13.8 Å². The van der Waals surface area contributed by atoms with Gasteiger partial charge in [0.05, 0.1) is 25.0 Å². The molecule has 0 radical (unpaired) electrons. The molecule has 0 aliphatic heterocycles. The zero-order valence-electron chi connectivity index (χ0n) is 83.8. The lowest BCUT2D eigenvalue weighted by molar-refractivity contribution is -0.139. The van der Waals surface area contributed by atoms with E-state index >= 15 is 0 Å². The van der Waals surface area contributed by atoms with Gasteiger partial charge in [0.15, 0.2) is 5.96 Å². The van der Waals surface area contributed by atoms with Crippen LogP contribution in [0.15, 0.2) is 24.3 Å². The van der Waals surface area contributed by atoms with E-state index in [9.17, 15) is 139 Å². The molecule has 1 aromatic carbocycles. The number of benzene rings is 1. The Balaban J connectivity index is 3.44. The first-order chi connectivity index (χ1) is 67.2. The Labute approximate surface area is 839 Å². The summed E-state index contributed by atoms with van der Waals surface area (Å²) in [5.74, 6) is -27.0. The van der Waals surface area contributed by atoms with Crippen LogP contribution in [0.25, 0.3) is 0 Å². The lowest BCUT2D eigenvalue weighted by Crippen LogP contribution is -2.61. The smallest absolute Gasteiger partial charge is 0.303 e. The van der Waals surface area contributed by atoms with Gasteiger partial charge in [0, 0.05) is 49.7 Å². The van der Waals surface area contributed by atoms with Crippen LogP contribution >= 0.6 is 11.8 Å². The summed E-state index contributed by atoms with van der Waals surface area (Å²) in [6, 6.07) is -21.2. The quantitative estimate of drug-likeness (QED) is 0.0125. The molecule has 17 atom stereocenters.